The van der Waals surface area contributed by atoms with Gasteiger partial charge in [0.1, 0.15) is 6.04 Å². The number of esters is 1. The van der Waals surface area contributed by atoms with Crippen molar-refractivity contribution in [1.82, 2.24) is 4.31 Å². The second-order valence-corrected chi connectivity index (χ2v) is 6.26. The Bertz CT molecular complexity index is 632. The molecule has 0 spiro atoms. The van der Waals surface area contributed by atoms with Crippen molar-refractivity contribution in [3.05, 3.63) is 29.8 Å². The van der Waals surface area contributed by atoms with E-state index in [1.165, 1.54) is 7.11 Å². The van der Waals surface area contributed by atoms with Crippen molar-refractivity contribution in [2.75, 3.05) is 13.7 Å². The van der Waals surface area contributed by atoms with Gasteiger partial charge < -0.3 is 4.74 Å². The zero-order valence-electron chi connectivity index (χ0n) is 10.7. The third-order valence-corrected chi connectivity index (χ3v) is 5.08. The summed E-state index contributed by atoms with van der Waals surface area (Å²) in [5.74, 6) is -3.04. The number of hydrogen-bond acceptors (Lipinski definition) is 4. The van der Waals surface area contributed by atoms with Gasteiger partial charge in [0.15, 0.2) is 11.6 Å². The van der Waals surface area contributed by atoms with Crippen LogP contribution in [0.25, 0.3) is 0 Å². The summed E-state index contributed by atoms with van der Waals surface area (Å²) in [6.45, 7) is 0.140. The average Bonchev–Trinajstić information content (AvgIpc) is 2.90. The molecule has 1 fully saturated rings. The largest absolute Gasteiger partial charge is 0.468 e. The van der Waals surface area contributed by atoms with Crippen molar-refractivity contribution in [3.8, 4) is 0 Å². The van der Waals surface area contributed by atoms with E-state index in [4.69, 9.17) is 0 Å². The van der Waals surface area contributed by atoms with Crippen molar-refractivity contribution in [1.29, 1.82) is 0 Å². The Labute approximate surface area is 115 Å². The van der Waals surface area contributed by atoms with Crippen molar-refractivity contribution >= 4 is 16.0 Å². The Morgan fingerprint density at radius 3 is 2.65 bits per heavy atom. The predicted molar refractivity (Wildman–Crippen MR) is 65.3 cm³/mol. The molecule has 5 nitrogen and oxygen atoms in total. The maximum atomic E-state index is 13.2. The molecule has 0 aliphatic carbocycles. The number of hydrogen-bond donors (Lipinski definition) is 0. The van der Waals surface area contributed by atoms with Gasteiger partial charge in [-0.1, -0.05) is 0 Å². The van der Waals surface area contributed by atoms with Gasteiger partial charge in [-0.2, -0.15) is 4.31 Å². The molecule has 0 aromatic heterocycles. The summed E-state index contributed by atoms with van der Waals surface area (Å²) in [6.07, 6.45) is 0.845. The van der Waals surface area contributed by atoms with E-state index in [1.54, 1.807) is 0 Å². The molecule has 0 N–H and O–H groups in total. The fourth-order valence-electron chi connectivity index (χ4n) is 2.17. The first kappa shape index (κ1) is 14.9. The highest BCUT2D eigenvalue weighted by atomic mass is 32.2. The molecule has 1 saturated heterocycles. The van der Waals surface area contributed by atoms with Crippen molar-refractivity contribution < 1.29 is 26.7 Å². The zero-order valence-corrected chi connectivity index (χ0v) is 11.5. The number of halogens is 2. The lowest BCUT2D eigenvalue weighted by molar-refractivity contribution is -0.144. The zero-order chi connectivity index (χ0) is 14.9. The molecule has 8 heteroatoms. The molecular weight excluding hydrogens is 292 g/mol. The molecule has 1 heterocycles. The number of carbonyl (C=O) groups is 1. The van der Waals surface area contributed by atoms with Crippen molar-refractivity contribution in [2.45, 2.75) is 23.8 Å². The molecule has 1 aromatic carbocycles. The molecule has 0 amide bonds. The van der Waals surface area contributed by atoms with Gasteiger partial charge in [-0.15, -0.1) is 0 Å². The summed E-state index contributed by atoms with van der Waals surface area (Å²) in [5.41, 5.74) is 0. The summed E-state index contributed by atoms with van der Waals surface area (Å²) in [7, 11) is -2.89. The van der Waals surface area contributed by atoms with Gasteiger partial charge in [-0.05, 0) is 31.0 Å². The monoisotopic (exact) mass is 305 g/mol. The van der Waals surface area contributed by atoms with E-state index in [0.29, 0.717) is 18.9 Å². The van der Waals surface area contributed by atoms with E-state index in [2.05, 4.69) is 4.74 Å². The average molecular weight is 305 g/mol. The molecule has 110 valence electrons. The van der Waals surface area contributed by atoms with Crippen LogP contribution in [0.5, 0.6) is 0 Å². The molecule has 1 unspecified atom stereocenters. The highest BCUT2D eigenvalue weighted by Gasteiger charge is 2.40. The first-order valence-corrected chi connectivity index (χ1v) is 7.36. The van der Waals surface area contributed by atoms with E-state index in [0.717, 1.165) is 16.4 Å². The van der Waals surface area contributed by atoms with E-state index < -0.39 is 33.7 Å². The number of benzene rings is 1. The molecule has 1 aliphatic rings. The summed E-state index contributed by atoms with van der Waals surface area (Å²) in [6, 6.07) is 1.40. The molecule has 1 aromatic rings. The third-order valence-electron chi connectivity index (χ3n) is 3.17. The topological polar surface area (TPSA) is 63.7 Å². The molecule has 1 atom stereocenters. The van der Waals surface area contributed by atoms with Crippen LogP contribution in [0, 0.1) is 11.6 Å². The SMILES string of the molecule is COC(=O)C1CCCN1S(=O)(=O)c1ccc(F)c(F)c1. The van der Waals surface area contributed by atoms with Crippen LogP contribution >= 0.6 is 0 Å². The van der Waals surface area contributed by atoms with E-state index in [1.807, 2.05) is 0 Å². The number of carbonyl (C=O) groups excluding carboxylic acids is 1. The molecule has 20 heavy (non-hydrogen) atoms. The lowest BCUT2D eigenvalue weighted by Crippen LogP contribution is -2.41. The highest BCUT2D eigenvalue weighted by Crippen LogP contribution is 2.27. The Balaban J connectivity index is 2.38. The van der Waals surface area contributed by atoms with E-state index in [9.17, 15) is 22.0 Å². The first-order chi connectivity index (χ1) is 9.37. The van der Waals surface area contributed by atoms with Gasteiger partial charge in [0.2, 0.25) is 10.0 Å². The second kappa shape index (κ2) is 5.45. The number of rotatable bonds is 3. The summed E-state index contributed by atoms with van der Waals surface area (Å²) >= 11 is 0. The minimum Gasteiger partial charge on any atom is -0.468 e. The van der Waals surface area contributed by atoms with Gasteiger partial charge in [0.05, 0.1) is 12.0 Å². The number of methoxy groups -OCH3 is 1. The van der Waals surface area contributed by atoms with Gasteiger partial charge in [0.25, 0.3) is 0 Å². The maximum Gasteiger partial charge on any atom is 0.324 e. The minimum atomic E-state index is -4.06. The number of ether oxygens (including phenoxy) is 1. The fraction of sp³-hybridized carbons (Fsp3) is 0.417. The van der Waals surface area contributed by atoms with Crippen LogP contribution in [0.1, 0.15) is 12.8 Å². The normalized spacial score (nSPS) is 20.1. The van der Waals surface area contributed by atoms with Crippen LogP contribution in [0.2, 0.25) is 0 Å². The van der Waals surface area contributed by atoms with Crippen LogP contribution in [0.3, 0.4) is 0 Å². The first-order valence-electron chi connectivity index (χ1n) is 5.92. The quantitative estimate of drug-likeness (QED) is 0.790. The van der Waals surface area contributed by atoms with Crippen LogP contribution < -0.4 is 0 Å². The standard InChI is InChI=1S/C12H13F2NO4S/c1-19-12(16)11-3-2-6-15(11)20(17,18)8-4-5-9(13)10(14)7-8/h4-5,7,11H,2-3,6H2,1H3. The fourth-order valence-corrected chi connectivity index (χ4v) is 3.83. The Morgan fingerprint density at radius 2 is 2.05 bits per heavy atom. The van der Waals surface area contributed by atoms with Gasteiger partial charge in [-0.25, -0.2) is 17.2 Å². The van der Waals surface area contributed by atoms with Gasteiger partial charge >= 0.3 is 5.97 Å². The van der Waals surface area contributed by atoms with Crippen molar-refractivity contribution in [2.24, 2.45) is 0 Å². The Hall–Kier alpha value is -1.54. The van der Waals surface area contributed by atoms with Crippen LogP contribution in [-0.4, -0.2) is 38.4 Å². The highest BCUT2D eigenvalue weighted by molar-refractivity contribution is 7.89. The number of sulfonamides is 1. The van der Waals surface area contributed by atoms with E-state index in [-0.39, 0.29) is 11.4 Å². The lowest BCUT2D eigenvalue weighted by atomic mass is 10.2. The summed E-state index contributed by atoms with van der Waals surface area (Å²) in [4.78, 5) is 11.2. The molecule has 2 rings (SSSR count). The molecular formula is C12H13F2NO4S. The summed E-state index contributed by atoms with van der Waals surface area (Å²) < 4.78 is 56.3. The molecule has 0 radical (unpaired) electrons. The lowest BCUT2D eigenvalue weighted by Gasteiger charge is -2.22. The third kappa shape index (κ3) is 2.53. The predicted octanol–water partition coefficient (Wildman–Crippen LogP) is 1.29. The van der Waals surface area contributed by atoms with Crippen LogP contribution in [-0.2, 0) is 19.6 Å². The Morgan fingerprint density at radius 1 is 1.35 bits per heavy atom. The van der Waals surface area contributed by atoms with Gasteiger partial charge in [0, 0.05) is 6.54 Å². The summed E-state index contributed by atoms with van der Waals surface area (Å²) in [5, 5.41) is 0. The smallest absolute Gasteiger partial charge is 0.324 e. The van der Waals surface area contributed by atoms with Crippen LogP contribution in [0.4, 0.5) is 8.78 Å². The Kier molecular flexibility index (Phi) is 4.05. The minimum absolute atomic E-state index is 0.140. The molecule has 0 saturated carbocycles. The van der Waals surface area contributed by atoms with Crippen LogP contribution in [0.15, 0.2) is 23.1 Å². The van der Waals surface area contributed by atoms with E-state index >= 15 is 0 Å². The second-order valence-electron chi connectivity index (χ2n) is 4.37. The maximum absolute atomic E-state index is 13.2. The van der Waals surface area contributed by atoms with Crippen molar-refractivity contribution in [3.63, 3.8) is 0 Å². The van der Waals surface area contributed by atoms with Gasteiger partial charge in [-0.3, -0.25) is 4.79 Å². The molecule has 1 aliphatic heterocycles. The molecule has 0 bridgehead atoms. The number of nitrogens with zero attached hydrogens (tertiary/aromatic N) is 1.